The molecule has 3 heteroatoms. The van der Waals surface area contributed by atoms with Gasteiger partial charge in [0, 0.05) is 38.4 Å². The van der Waals surface area contributed by atoms with E-state index in [1.54, 1.807) is 0 Å². The maximum Gasteiger partial charge on any atom is 0.0372 e. The zero-order chi connectivity index (χ0) is 13.5. The second-order valence-electron chi connectivity index (χ2n) is 5.54. The Hall–Kier alpha value is -1.06. The van der Waals surface area contributed by atoms with Gasteiger partial charge >= 0.3 is 0 Å². The lowest BCUT2D eigenvalue weighted by Gasteiger charge is -2.27. The van der Waals surface area contributed by atoms with Crippen LogP contribution >= 0.6 is 0 Å². The van der Waals surface area contributed by atoms with Gasteiger partial charge in [-0.15, -0.1) is 0 Å². The molecule has 2 rings (SSSR count). The monoisotopic (exact) mass is 261 g/mol. The maximum absolute atomic E-state index is 3.56. The van der Waals surface area contributed by atoms with E-state index in [9.17, 15) is 0 Å². The van der Waals surface area contributed by atoms with Gasteiger partial charge in [0.05, 0.1) is 0 Å². The van der Waals surface area contributed by atoms with Crippen LogP contribution in [0.25, 0.3) is 0 Å². The molecule has 1 saturated heterocycles. The minimum absolute atomic E-state index is 1.08. The molecule has 0 radical (unpaired) electrons. The van der Waals surface area contributed by atoms with Crippen molar-refractivity contribution in [2.45, 2.75) is 26.7 Å². The smallest absolute Gasteiger partial charge is 0.0372 e. The van der Waals surface area contributed by atoms with E-state index in [4.69, 9.17) is 0 Å². The SMILES string of the molecule is Cc1ccc(C)c(NCCCCN2CCNCC2)c1. The Labute approximate surface area is 117 Å². The number of aryl methyl sites for hydroxylation is 2. The van der Waals surface area contributed by atoms with Crippen molar-refractivity contribution >= 4 is 5.69 Å². The lowest BCUT2D eigenvalue weighted by atomic mass is 10.1. The van der Waals surface area contributed by atoms with Gasteiger partial charge in [-0.1, -0.05) is 12.1 Å². The Morgan fingerprint density at radius 3 is 2.74 bits per heavy atom. The summed E-state index contributed by atoms with van der Waals surface area (Å²) in [7, 11) is 0. The molecule has 0 unspecified atom stereocenters. The third-order valence-electron chi connectivity index (χ3n) is 3.82. The van der Waals surface area contributed by atoms with Gasteiger partial charge in [0.1, 0.15) is 0 Å². The molecule has 3 nitrogen and oxygen atoms in total. The number of unbranched alkanes of at least 4 members (excludes halogenated alkanes) is 1. The van der Waals surface area contributed by atoms with E-state index >= 15 is 0 Å². The Balaban J connectivity index is 1.62. The summed E-state index contributed by atoms with van der Waals surface area (Å²) >= 11 is 0. The van der Waals surface area contributed by atoms with Crippen molar-refractivity contribution in [3.8, 4) is 0 Å². The highest BCUT2D eigenvalue weighted by molar-refractivity contribution is 5.52. The second-order valence-corrected chi connectivity index (χ2v) is 5.54. The zero-order valence-corrected chi connectivity index (χ0v) is 12.3. The molecular weight excluding hydrogens is 234 g/mol. The predicted molar refractivity (Wildman–Crippen MR) is 82.9 cm³/mol. The molecule has 0 aliphatic carbocycles. The van der Waals surface area contributed by atoms with Crippen molar-refractivity contribution in [1.82, 2.24) is 10.2 Å². The summed E-state index contributed by atoms with van der Waals surface area (Å²) in [5.74, 6) is 0. The van der Waals surface area contributed by atoms with E-state index < -0.39 is 0 Å². The molecule has 0 atom stereocenters. The summed E-state index contributed by atoms with van der Waals surface area (Å²) in [4.78, 5) is 2.56. The van der Waals surface area contributed by atoms with E-state index in [2.05, 4.69) is 47.6 Å². The van der Waals surface area contributed by atoms with Gasteiger partial charge in [-0.2, -0.15) is 0 Å². The number of benzene rings is 1. The van der Waals surface area contributed by atoms with E-state index in [-0.39, 0.29) is 0 Å². The van der Waals surface area contributed by atoms with Crippen molar-refractivity contribution in [2.24, 2.45) is 0 Å². The standard InChI is InChI=1S/C16H27N3/c1-14-5-6-15(2)16(13-14)18-7-3-4-10-19-11-8-17-9-12-19/h5-6,13,17-18H,3-4,7-12H2,1-2H3. The summed E-state index contributed by atoms with van der Waals surface area (Å²) < 4.78 is 0. The molecule has 0 spiro atoms. The summed E-state index contributed by atoms with van der Waals surface area (Å²) in [6.45, 7) is 11.4. The quantitative estimate of drug-likeness (QED) is 0.770. The van der Waals surface area contributed by atoms with Crippen LogP contribution < -0.4 is 10.6 Å². The highest BCUT2D eigenvalue weighted by Gasteiger charge is 2.08. The van der Waals surface area contributed by atoms with Gasteiger partial charge in [-0.3, -0.25) is 0 Å². The second kappa shape index (κ2) is 7.51. The number of nitrogens with one attached hydrogen (secondary N) is 2. The van der Waals surface area contributed by atoms with Crippen molar-refractivity contribution in [2.75, 3.05) is 44.6 Å². The molecule has 2 N–H and O–H groups in total. The first-order valence-electron chi connectivity index (χ1n) is 7.50. The number of piperazine rings is 1. The fraction of sp³-hybridized carbons (Fsp3) is 0.625. The third kappa shape index (κ3) is 4.84. The Morgan fingerprint density at radius 2 is 1.95 bits per heavy atom. The summed E-state index contributed by atoms with van der Waals surface area (Å²) in [5.41, 5.74) is 3.96. The first kappa shape index (κ1) is 14.4. The number of anilines is 1. The van der Waals surface area contributed by atoms with Crippen LogP contribution in [0.3, 0.4) is 0 Å². The van der Waals surface area contributed by atoms with E-state index in [0.29, 0.717) is 0 Å². The molecule has 106 valence electrons. The Bertz CT molecular complexity index is 384. The first-order chi connectivity index (χ1) is 9.25. The topological polar surface area (TPSA) is 27.3 Å². The van der Waals surface area contributed by atoms with Crippen molar-refractivity contribution in [3.63, 3.8) is 0 Å². The number of hydrogen-bond donors (Lipinski definition) is 2. The van der Waals surface area contributed by atoms with Crippen LogP contribution in [0.15, 0.2) is 18.2 Å². The van der Waals surface area contributed by atoms with Crippen LogP contribution in [0.2, 0.25) is 0 Å². The molecular formula is C16H27N3. The molecule has 19 heavy (non-hydrogen) atoms. The lowest BCUT2D eigenvalue weighted by Crippen LogP contribution is -2.43. The fourth-order valence-corrected chi connectivity index (χ4v) is 2.54. The molecule has 0 aromatic heterocycles. The Morgan fingerprint density at radius 1 is 1.16 bits per heavy atom. The van der Waals surface area contributed by atoms with Gasteiger partial charge < -0.3 is 15.5 Å². The molecule has 0 bridgehead atoms. The molecule has 1 aliphatic heterocycles. The number of rotatable bonds is 6. The first-order valence-corrected chi connectivity index (χ1v) is 7.50. The van der Waals surface area contributed by atoms with Gasteiger partial charge in [0.25, 0.3) is 0 Å². The highest BCUT2D eigenvalue weighted by atomic mass is 15.2. The third-order valence-corrected chi connectivity index (χ3v) is 3.82. The minimum Gasteiger partial charge on any atom is -0.385 e. The molecule has 1 aromatic carbocycles. The largest absolute Gasteiger partial charge is 0.385 e. The van der Waals surface area contributed by atoms with Crippen molar-refractivity contribution < 1.29 is 0 Å². The molecule has 0 amide bonds. The van der Waals surface area contributed by atoms with Crippen molar-refractivity contribution in [1.29, 1.82) is 0 Å². The van der Waals surface area contributed by atoms with Gasteiger partial charge in [-0.25, -0.2) is 0 Å². The van der Waals surface area contributed by atoms with Crippen LogP contribution in [0.4, 0.5) is 5.69 Å². The highest BCUT2D eigenvalue weighted by Crippen LogP contribution is 2.16. The average molecular weight is 261 g/mol. The number of hydrogen-bond acceptors (Lipinski definition) is 3. The van der Waals surface area contributed by atoms with Gasteiger partial charge in [-0.05, 0) is 50.4 Å². The van der Waals surface area contributed by atoms with Crippen LogP contribution in [0.5, 0.6) is 0 Å². The summed E-state index contributed by atoms with van der Waals surface area (Å²) in [5, 5.41) is 6.96. The Kier molecular flexibility index (Phi) is 5.67. The van der Waals surface area contributed by atoms with Crippen LogP contribution in [-0.4, -0.2) is 44.2 Å². The van der Waals surface area contributed by atoms with E-state index in [1.165, 1.54) is 49.3 Å². The van der Waals surface area contributed by atoms with Gasteiger partial charge in [0.2, 0.25) is 0 Å². The predicted octanol–water partition coefficient (Wildman–Crippen LogP) is 2.40. The van der Waals surface area contributed by atoms with Crippen LogP contribution in [0, 0.1) is 13.8 Å². The number of nitrogens with zero attached hydrogens (tertiary/aromatic N) is 1. The minimum atomic E-state index is 1.08. The zero-order valence-electron chi connectivity index (χ0n) is 12.3. The van der Waals surface area contributed by atoms with E-state index in [0.717, 1.165) is 19.6 Å². The van der Waals surface area contributed by atoms with Crippen molar-refractivity contribution in [3.05, 3.63) is 29.3 Å². The summed E-state index contributed by atoms with van der Waals surface area (Å²) in [6, 6.07) is 6.61. The van der Waals surface area contributed by atoms with Crippen LogP contribution in [0.1, 0.15) is 24.0 Å². The molecule has 1 aromatic rings. The normalized spacial score (nSPS) is 16.5. The molecule has 0 saturated carbocycles. The van der Waals surface area contributed by atoms with Gasteiger partial charge in [0.15, 0.2) is 0 Å². The average Bonchev–Trinajstić information content (AvgIpc) is 2.43. The fourth-order valence-electron chi connectivity index (χ4n) is 2.54. The van der Waals surface area contributed by atoms with Crippen LogP contribution in [-0.2, 0) is 0 Å². The maximum atomic E-state index is 3.56. The molecule has 1 aliphatic rings. The lowest BCUT2D eigenvalue weighted by molar-refractivity contribution is 0.237. The summed E-state index contributed by atoms with van der Waals surface area (Å²) in [6.07, 6.45) is 2.54. The molecule has 1 fully saturated rings. The van der Waals surface area contributed by atoms with E-state index in [1.807, 2.05) is 0 Å². The molecule has 1 heterocycles.